The lowest BCUT2D eigenvalue weighted by Crippen LogP contribution is -2.16. The number of ether oxygens (including phenoxy) is 2. The molecule has 0 spiro atoms. The number of rotatable bonds is 6. The average Bonchev–Trinajstić information content (AvgIpc) is 3.48. The number of amides is 1. The molecule has 1 saturated heterocycles. The van der Waals surface area contributed by atoms with Gasteiger partial charge in [0.05, 0.1) is 16.3 Å². The van der Waals surface area contributed by atoms with Crippen molar-refractivity contribution in [2.24, 2.45) is 0 Å². The van der Waals surface area contributed by atoms with Gasteiger partial charge in [0.2, 0.25) is 0 Å². The Kier molecular flexibility index (Phi) is 5.88. The van der Waals surface area contributed by atoms with Crippen LogP contribution in [0.1, 0.15) is 28.8 Å². The van der Waals surface area contributed by atoms with E-state index in [0.717, 1.165) is 47.0 Å². The van der Waals surface area contributed by atoms with Gasteiger partial charge in [0, 0.05) is 23.4 Å². The van der Waals surface area contributed by atoms with Crippen LogP contribution < -0.4 is 10.1 Å². The Labute approximate surface area is 191 Å². The molecule has 32 heavy (non-hydrogen) atoms. The Bertz CT molecular complexity index is 1230. The Balaban J connectivity index is 1.21. The van der Waals surface area contributed by atoms with E-state index in [0.29, 0.717) is 12.2 Å². The topological polar surface area (TPSA) is 60.5 Å². The molecule has 4 aromatic rings. The second-order valence-corrected chi connectivity index (χ2v) is 9.02. The predicted octanol–water partition coefficient (Wildman–Crippen LogP) is 6.08. The van der Waals surface area contributed by atoms with Crippen LogP contribution in [0.4, 0.5) is 5.69 Å². The normalized spacial score (nSPS) is 15.7. The minimum Gasteiger partial charge on any atom is -0.491 e. The second kappa shape index (κ2) is 9.10. The van der Waals surface area contributed by atoms with E-state index in [1.807, 2.05) is 36.4 Å². The van der Waals surface area contributed by atoms with E-state index in [9.17, 15) is 4.79 Å². The molecule has 0 radical (unpaired) electrons. The lowest BCUT2D eigenvalue weighted by atomic mass is 10.1. The van der Waals surface area contributed by atoms with E-state index < -0.39 is 0 Å². The van der Waals surface area contributed by atoms with Gasteiger partial charge in [-0.05, 0) is 86.0 Å². The SMILES string of the molecule is Cc1ccc2nc(-c3ccc(NC(=O)c4ccc(OCC5CCCO5)cc4)cc3)sc2c1. The number of hydrogen-bond donors (Lipinski definition) is 1. The number of hydrogen-bond acceptors (Lipinski definition) is 5. The molecule has 162 valence electrons. The number of carbonyl (C=O) groups is 1. The number of thiazole rings is 1. The molecule has 1 aromatic heterocycles. The minimum atomic E-state index is -0.154. The molecule has 3 aromatic carbocycles. The number of aromatic nitrogens is 1. The fourth-order valence-corrected chi connectivity index (χ4v) is 4.79. The summed E-state index contributed by atoms with van der Waals surface area (Å²) < 4.78 is 12.5. The second-order valence-electron chi connectivity index (χ2n) is 7.99. The van der Waals surface area contributed by atoms with Gasteiger partial charge in [0.1, 0.15) is 17.4 Å². The maximum Gasteiger partial charge on any atom is 0.255 e. The molecule has 0 saturated carbocycles. The molecule has 1 aliphatic rings. The molecule has 1 unspecified atom stereocenters. The van der Waals surface area contributed by atoms with E-state index >= 15 is 0 Å². The third kappa shape index (κ3) is 4.66. The van der Waals surface area contributed by atoms with Crippen molar-refractivity contribution in [3.8, 4) is 16.3 Å². The number of anilines is 1. The van der Waals surface area contributed by atoms with Gasteiger partial charge in [-0.15, -0.1) is 11.3 Å². The molecule has 0 bridgehead atoms. The smallest absolute Gasteiger partial charge is 0.255 e. The van der Waals surface area contributed by atoms with Crippen LogP contribution in [0.3, 0.4) is 0 Å². The van der Waals surface area contributed by atoms with Gasteiger partial charge in [-0.2, -0.15) is 0 Å². The summed E-state index contributed by atoms with van der Waals surface area (Å²) in [7, 11) is 0. The maximum atomic E-state index is 12.6. The van der Waals surface area contributed by atoms with Gasteiger partial charge >= 0.3 is 0 Å². The Morgan fingerprint density at radius 3 is 2.69 bits per heavy atom. The molecule has 1 amide bonds. The summed E-state index contributed by atoms with van der Waals surface area (Å²) in [5.74, 6) is 0.589. The first-order valence-corrected chi connectivity index (χ1v) is 11.6. The van der Waals surface area contributed by atoms with E-state index in [2.05, 4.69) is 30.4 Å². The molecule has 2 heterocycles. The molecule has 1 aliphatic heterocycles. The first-order chi connectivity index (χ1) is 15.6. The summed E-state index contributed by atoms with van der Waals surface area (Å²) >= 11 is 1.68. The summed E-state index contributed by atoms with van der Waals surface area (Å²) in [5.41, 5.74) is 4.61. The molecule has 5 nitrogen and oxygen atoms in total. The first-order valence-electron chi connectivity index (χ1n) is 10.8. The van der Waals surface area contributed by atoms with Crippen molar-refractivity contribution >= 4 is 33.1 Å². The lowest BCUT2D eigenvalue weighted by molar-refractivity contribution is 0.0679. The van der Waals surface area contributed by atoms with Crippen molar-refractivity contribution in [1.82, 2.24) is 4.98 Å². The van der Waals surface area contributed by atoms with Crippen LogP contribution >= 0.6 is 11.3 Å². The highest BCUT2D eigenvalue weighted by Crippen LogP contribution is 2.31. The summed E-state index contributed by atoms with van der Waals surface area (Å²) in [5, 5.41) is 3.92. The Morgan fingerprint density at radius 2 is 1.94 bits per heavy atom. The fourth-order valence-electron chi connectivity index (χ4n) is 3.72. The molecular weight excluding hydrogens is 420 g/mol. The number of benzene rings is 3. The summed E-state index contributed by atoms with van der Waals surface area (Å²) in [4.78, 5) is 17.3. The van der Waals surface area contributed by atoms with Crippen molar-refractivity contribution in [1.29, 1.82) is 0 Å². The van der Waals surface area contributed by atoms with Crippen molar-refractivity contribution in [3.05, 3.63) is 77.9 Å². The standard InChI is InChI=1S/C26H24N2O3S/c1-17-4-13-23-24(15-17)32-26(28-23)19-5-9-20(10-6-19)27-25(29)18-7-11-21(12-8-18)31-16-22-3-2-14-30-22/h4-13,15,22H,2-3,14,16H2,1H3,(H,27,29). The minimum absolute atomic E-state index is 0.154. The van der Waals surface area contributed by atoms with Crippen LogP contribution in [0.2, 0.25) is 0 Å². The summed E-state index contributed by atoms with van der Waals surface area (Å²) in [6.45, 7) is 3.45. The van der Waals surface area contributed by atoms with Crippen LogP contribution in [0.25, 0.3) is 20.8 Å². The zero-order valence-corrected chi connectivity index (χ0v) is 18.7. The van der Waals surface area contributed by atoms with Crippen molar-refractivity contribution < 1.29 is 14.3 Å². The summed E-state index contributed by atoms with van der Waals surface area (Å²) in [6.07, 6.45) is 2.31. The van der Waals surface area contributed by atoms with Gasteiger partial charge in [0.25, 0.3) is 5.91 Å². The highest BCUT2D eigenvalue weighted by molar-refractivity contribution is 7.21. The van der Waals surface area contributed by atoms with Crippen LogP contribution in [0.15, 0.2) is 66.7 Å². The van der Waals surface area contributed by atoms with E-state index in [1.54, 1.807) is 23.5 Å². The van der Waals surface area contributed by atoms with Crippen LogP contribution in [0, 0.1) is 6.92 Å². The molecule has 1 atom stereocenters. The van der Waals surface area contributed by atoms with Gasteiger partial charge in [-0.3, -0.25) is 4.79 Å². The highest BCUT2D eigenvalue weighted by atomic mass is 32.1. The molecule has 5 rings (SSSR count). The van der Waals surface area contributed by atoms with Crippen LogP contribution in [-0.2, 0) is 4.74 Å². The average molecular weight is 445 g/mol. The fraction of sp³-hybridized carbons (Fsp3) is 0.231. The Hall–Kier alpha value is -3.22. The zero-order chi connectivity index (χ0) is 21.9. The van der Waals surface area contributed by atoms with Crippen molar-refractivity contribution in [2.45, 2.75) is 25.9 Å². The monoisotopic (exact) mass is 444 g/mol. The third-order valence-corrected chi connectivity index (χ3v) is 6.58. The first kappa shape index (κ1) is 20.7. The molecule has 1 fully saturated rings. The molecule has 1 N–H and O–H groups in total. The zero-order valence-electron chi connectivity index (χ0n) is 17.8. The molecule has 6 heteroatoms. The van der Waals surface area contributed by atoms with Crippen LogP contribution in [-0.4, -0.2) is 30.2 Å². The van der Waals surface area contributed by atoms with Crippen molar-refractivity contribution in [3.63, 3.8) is 0 Å². The van der Waals surface area contributed by atoms with Crippen molar-refractivity contribution in [2.75, 3.05) is 18.5 Å². The number of nitrogens with zero attached hydrogens (tertiary/aromatic N) is 1. The predicted molar refractivity (Wildman–Crippen MR) is 129 cm³/mol. The largest absolute Gasteiger partial charge is 0.491 e. The van der Waals surface area contributed by atoms with E-state index in [-0.39, 0.29) is 12.0 Å². The number of fused-ring (bicyclic) bond motifs is 1. The van der Waals surface area contributed by atoms with E-state index in [1.165, 1.54) is 10.3 Å². The maximum absolute atomic E-state index is 12.6. The van der Waals surface area contributed by atoms with Gasteiger partial charge in [-0.25, -0.2) is 4.98 Å². The highest BCUT2D eigenvalue weighted by Gasteiger charge is 2.16. The lowest BCUT2D eigenvalue weighted by Gasteiger charge is -2.12. The van der Waals surface area contributed by atoms with Gasteiger partial charge < -0.3 is 14.8 Å². The van der Waals surface area contributed by atoms with Crippen LogP contribution in [0.5, 0.6) is 5.75 Å². The van der Waals surface area contributed by atoms with Gasteiger partial charge in [0.15, 0.2) is 0 Å². The quantitative estimate of drug-likeness (QED) is 0.391. The van der Waals surface area contributed by atoms with Gasteiger partial charge in [-0.1, -0.05) is 6.07 Å². The summed E-state index contributed by atoms with van der Waals surface area (Å²) in [6, 6.07) is 21.3. The molecular formula is C26H24N2O3S. The number of carbonyl (C=O) groups excluding carboxylic acids is 1. The molecule has 0 aliphatic carbocycles. The number of nitrogens with one attached hydrogen (secondary N) is 1. The number of aryl methyl sites for hydroxylation is 1. The Morgan fingerprint density at radius 1 is 1.12 bits per heavy atom. The van der Waals surface area contributed by atoms with E-state index in [4.69, 9.17) is 14.5 Å². The third-order valence-electron chi connectivity index (χ3n) is 5.51.